The summed E-state index contributed by atoms with van der Waals surface area (Å²) in [7, 11) is 0. The van der Waals surface area contributed by atoms with Crippen LogP contribution in [0.5, 0.6) is 0 Å². The topological polar surface area (TPSA) is 33.7 Å². The van der Waals surface area contributed by atoms with Gasteiger partial charge in [-0.15, -0.1) is 0 Å². The normalized spacial score (nSPS) is 40.0. The Morgan fingerprint density at radius 2 is 2.17 bits per heavy atom. The highest BCUT2D eigenvalue weighted by Gasteiger charge is 2.34. The van der Waals surface area contributed by atoms with Gasteiger partial charge in [0.05, 0.1) is 12.7 Å². The van der Waals surface area contributed by atoms with Crippen LogP contribution in [0.15, 0.2) is 0 Å². The summed E-state index contributed by atoms with van der Waals surface area (Å²) in [6, 6.07) is 1.52. The highest BCUT2D eigenvalue weighted by atomic mass is 16.7. The fourth-order valence-electron chi connectivity index (χ4n) is 3.57. The molecule has 3 rings (SSSR count). The molecule has 3 unspecified atom stereocenters. The molecule has 1 N–H and O–H groups in total. The van der Waals surface area contributed by atoms with Crippen molar-refractivity contribution in [3.63, 3.8) is 0 Å². The Morgan fingerprint density at radius 3 is 2.94 bits per heavy atom. The van der Waals surface area contributed by atoms with Crippen molar-refractivity contribution in [1.82, 2.24) is 10.2 Å². The number of nitrogens with one attached hydrogen (secondary N) is 1. The molecule has 0 aromatic heterocycles. The molecule has 3 aliphatic heterocycles. The van der Waals surface area contributed by atoms with Crippen LogP contribution in [0.1, 0.15) is 39.5 Å². The molecule has 18 heavy (non-hydrogen) atoms. The minimum absolute atomic E-state index is 0.224. The lowest BCUT2D eigenvalue weighted by molar-refractivity contribution is -0.138. The van der Waals surface area contributed by atoms with E-state index in [4.69, 9.17) is 9.47 Å². The van der Waals surface area contributed by atoms with E-state index in [0.29, 0.717) is 6.04 Å². The van der Waals surface area contributed by atoms with Gasteiger partial charge < -0.3 is 19.7 Å². The smallest absolute Gasteiger partial charge is 0.163 e. The van der Waals surface area contributed by atoms with Gasteiger partial charge >= 0.3 is 0 Å². The van der Waals surface area contributed by atoms with Gasteiger partial charge in [0.25, 0.3) is 0 Å². The molecule has 104 valence electrons. The lowest BCUT2D eigenvalue weighted by Crippen LogP contribution is -2.47. The number of rotatable bonds is 3. The molecule has 4 heteroatoms. The number of nitrogens with zero attached hydrogens (tertiary/aromatic N) is 1. The lowest BCUT2D eigenvalue weighted by atomic mass is 9.97. The van der Waals surface area contributed by atoms with Crippen molar-refractivity contribution in [2.45, 2.75) is 63.5 Å². The molecule has 0 amide bonds. The molecular weight excluding hydrogens is 228 g/mol. The molecular formula is C14H26N2O2. The Kier molecular flexibility index (Phi) is 3.63. The Balaban J connectivity index is 1.41. The van der Waals surface area contributed by atoms with E-state index in [1.807, 2.05) is 13.8 Å². The highest BCUT2D eigenvalue weighted by molar-refractivity contribution is 4.89. The molecule has 3 fully saturated rings. The quantitative estimate of drug-likeness (QED) is 0.824. The van der Waals surface area contributed by atoms with Crippen LogP contribution in [0.2, 0.25) is 0 Å². The zero-order valence-electron chi connectivity index (χ0n) is 11.7. The third kappa shape index (κ3) is 2.87. The van der Waals surface area contributed by atoms with E-state index < -0.39 is 0 Å². The standard InChI is InChI=1S/C14H26N2O2/c1-14(2)17-10-13(18-14)9-15-11-5-7-16-6-3-4-12(16)8-11/h11-13,15H,3-10H2,1-2H3. The largest absolute Gasteiger partial charge is 0.348 e. The maximum Gasteiger partial charge on any atom is 0.163 e. The highest BCUT2D eigenvalue weighted by Crippen LogP contribution is 2.27. The summed E-state index contributed by atoms with van der Waals surface area (Å²) in [5, 5.41) is 3.68. The van der Waals surface area contributed by atoms with Crippen molar-refractivity contribution >= 4 is 0 Å². The number of fused-ring (bicyclic) bond motifs is 1. The van der Waals surface area contributed by atoms with Gasteiger partial charge in [-0.3, -0.25) is 0 Å². The van der Waals surface area contributed by atoms with Crippen LogP contribution >= 0.6 is 0 Å². The summed E-state index contributed by atoms with van der Waals surface area (Å²) < 4.78 is 11.4. The molecule has 0 bridgehead atoms. The Labute approximate surface area is 110 Å². The fourth-order valence-corrected chi connectivity index (χ4v) is 3.57. The lowest BCUT2D eigenvalue weighted by Gasteiger charge is -2.35. The minimum atomic E-state index is -0.388. The second-order valence-corrected chi connectivity index (χ2v) is 6.41. The Bertz CT molecular complexity index is 296. The average molecular weight is 254 g/mol. The van der Waals surface area contributed by atoms with Crippen molar-refractivity contribution in [1.29, 1.82) is 0 Å². The van der Waals surface area contributed by atoms with Gasteiger partial charge in [-0.2, -0.15) is 0 Å². The van der Waals surface area contributed by atoms with Crippen molar-refractivity contribution < 1.29 is 9.47 Å². The molecule has 4 nitrogen and oxygen atoms in total. The van der Waals surface area contributed by atoms with Crippen LogP contribution in [0.4, 0.5) is 0 Å². The van der Waals surface area contributed by atoms with Crippen LogP contribution in [0.3, 0.4) is 0 Å². The zero-order valence-corrected chi connectivity index (χ0v) is 11.7. The number of hydrogen-bond donors (Lipinski definition) is 1. The SMILES string of the molecule is CC1(C)OCC(CNC2CCN3CCCC3C2)O1. The molecule has 0 aromatic carbocycles. The van der Waals surface area contributed by atoms with Crippen molar-refractivity contribution in [2.24, 2.45) is 0 Å². The van der Waals surface area contributed by atoms with Gasteiger partial charge in [-0.25, -0.2) is 0 Å². The van der Waals surface area contributed by atoms with Crippen LogP contribution in [-0.2, 0) is 9.47 Å². The summed E-state index contributed by atoms with van der Waals surface area (Å²) in [5.41, 5.74) is 0. The molecule has 3 heterocycles. The van der Waals surface area contributed by atoms with E-state index in [0.717, 1.165) is 19.2 Å². The summed E-state index contributed by atoms with van der Waals surface area (Å²) in [5.74, 6) is -0.388. The molecule has 0 aromatic rings. The predicted octanol–water partition coefficient (Wildman–Crippen LogP) is 1.35. The van der Waals surface area contributed by atoms with E-state index >= 15 is 0 Å². The third-order valence-corrected chi connectivity index (χ3v) is 4.52. The van der Waals surface area contributed by atoms with Crippen LogP contribution in [0, 0.1) is 0 Å². The van der Waals surface area contributed by atoms with Crippen molar-refractivity contribution in [3.8, 4) is 0 Å². The third-order valence-electron chi connectivity index (χ3n) is 4.52. The fraction of sp³-hybridized carbons (Fsp3) is 1.00. The maximum absolute atomic E-state index is 5.83. The summed E-state index contributed by atoms with van der Waals surface area (Å²) >= 11 is 0. The maximum atomic E-state index is 5.83. The second kappa shape index (κ2) is 5.08. The Morgan fingerprint density at radius 1 is 1.28 bits per heavy atom. The molecule has 0 aliphatic carbocycles. The summed E-state index contributed by atoms with van der Waals surface area (Å²) in [6.07, 6.45) is 5.62. The van der Waals surface area contributed by atoms with Crippen molar-refractivity contribution in [3.05, 3.63) is 0 Å². The first-order valence-electron chi connectivity index (χ1n) is 7.41. The summed E-state index contributed by atoms with van der Waals surface area (Å²) in [4.78, 5) is 2.66. The minimum Gasteiger partial charge on any atom is -0.348 e. The molecule has 0 radical (unpaired) electrons. The van der Waals surface area contributed by atoms with Crippen LogP contribution in [0.25, 0.3) is 0 Å². The van der Waals surface area contributed by atoms with Gasteiger partial charge in [0.1, 0.15) is 0 Å². The molecule has 3 saturated heterocycles. The second-order valence-electron chi connectivity index (χ2n) is 6.41. The molecule has 0 saturated carbocycles. The average Bonchev–Trinajstić information content (AvgIpc) is 2.92. The van der Waals surface area contributed by atoms with E-state index in [9.17, 15) is 0 Å². The summed E-state index contributed by atoms with van der Waals surface area (Å²) in [6.45, 7) is 8.23. The van der Waals surface area contributed by atoms with E-state index in [-0.39, 0.29) is 11.9 Å². The number of ether oxygens (including phenoxy) is 2. The first kappa shape index (κ1) is 12.9. The van der Waals surface area contributed by atoms with E-state index in [1.165, 1.54) is 38.8 Å². The van der Waals surface area contributed by atoms with Gasteiger partial charge in [0, 0.05) is 18.6 Å². The molecule has 3 aliphatic rings. The van der Waals surface area contributed by atoms with Gasteiger partial charge in [-0.05, 0) is 52.6 Å². The van der Waals surface area contributed by atoms with Gasteiger partial charge in [0.2, 0.25) is 0 Å². The van der Waals surface area contributed by atoms with E-state index in [2.05, 4.69) is 10.2 Å². The van der Waals surface area contributed by atoms with E-state index in [1.54, 1.807) is 0 Å². The van der Waals surface area contributed by atoms with Crippen molar-refractivity contribution in [2.75, 3.05) is 26.2 Å². The Hall–Kier alpha value is -0.160. The van der Waals surface area contributed by atoms with Gasteiger partial charge in [0.15, 0.2) is 5.79 Å². The van der Waals surface area contributed by atoms with Crippen LogP contribution in [-0.4, -0.2) is 55.1 Å². The first-order chi connectivity index (χ1) is 8.62. The molecule has 3 atom stereocenters. The van der Waals surface area contributed by atoms with Crippen LogP contribution < -0.4 is 5.32 Å². The number of piperidine rings is 1. The van der Waals surface area contributed by atoms with Gasteiger partial charge in [-0.1, -0.05) is 0 Å². The zero-order chi connectivity index (χ0) is 12.6. The molecule has 0 spiro atoms. The predicted molar refractivity (Wildman–Crippen MR) is 70.5 cm³/mol. The number of hydrogen-bond acceptors (Lipinski definition) is 4. The monoisotopic (exact) mass is 254 g/mol. The first-order valence-corrected chi connectivity index (χ1v) is 7.41.